The van der Waals surface area contributed by atoms with Crippen LogP contribution in [0.4, 0.5) is 5.82 Å². The molecule has 0 radical (unpaired) electrons. The summed E-state index contributed by atoms with van der Waals surface area (Å²) in [6.45, 7) is 5.74. The third-order valence-electron chi connectivity index (χ3n) is 3.95. The Morgan fingerprint density at radius 3 is 3.10 bits per heavy atom. The number of aromatic amines is 1. The Morgan fingerprint density at radius 1 is 1.40 bits per heavy atom. The van der Waals surface area contributed by atoms with Gasteiger partial charge in [-0.25, -0.2) is 9.97 Å². The molecular weight excluding hydrogens is 338 g/mol. The molecule has 6 nitrogen and oxygen atoms in total. The van der Waals surface area contributed by atoms with Crippen LogP contribution in [0.3, 0.4) is 0 Å². The van der Waals surface area contributed by atoms with Gasteiger partial charge in [0.25, 0.3) is 0 Å². The summed E-state index contributed by atoms with van der Waals surface area (Å²) in [5, 5.41) is 8.08. The van der Waals surface area contributed by atoms with Crippen molar-refractivity contribution in [2.24, 2.45) is 0 Å². The molecule has 0 amide bonds. The van der Waals surface area contributed by atoms with Gasteiger partial charge in [0.1, 0.15) is 23.6 Å². The average Bonchev–Trinajstić information content (AvgIpc) is 2.72. The first-order chi connectivity index (χ1) is 9.22. The quantitative estimate of drug-likeness (QED) is 0.575. The zero-order valence-corrected chi connectivity index (χ0v) is 13.5. The standard InChI is InChI=1S/C13H16N5O.Mo/c1-7-3-4-9-6-19-13-10-11(16-17-13)14-8(2)15-12(10)18(9)5-7;/h9H,3-6H2,1-2H3,(H,14,15,16,17);/q-1;/t9-;/m0./s1. The van der Waals surface area contributed by atoms with Gasteiger partial charge in [0, 0.05) is 21.1 Å². The molecule has 1 N–H and O–H groups in total. The molecule has 0 aromatic carbocycles. The number of H-pyrrole nitrogens is 1. The van der Waals surface area contributed by atoms with Crippen LogP contribution in [0.5, 0.6) is 5.88 Å². The zero-order valence-electron chi connectivity index (χ0n) is 11.5. The van der Waals surface area contributed by atoms with Crippen LogP contribution in [-0.4, -0.2) is 39.4 Å². The molecule has 20 heavy (non-hydrogen) atoms. The molecule has 0 unspecified atom stereocenters. The summed E-state index contributed by atoms with van der Waals surface area (Å²) in [4.78, 5) is 11.4. The van der Waals surface area contributed by atoms with Gasteiger partial charge in [-0.2, -0.15) is 13.3 Å². The maximum Gasteiger partial charge on any atom is 0.246 e. The summed E-state index contributed by atoms with van der Waals surface area (Å²) in [7, 11) is 0. The first kappa shape index (κ1) is 13.8. The normalized spacial score (nSPS) is 21.9. The minimum absolute atomic E-state index is 0. The van der Waals surface area contributed by atoms with E-state index >= 15 is 0 Å². The topological polar surface area (TPSA) is 66.9 Å². The summed E-state index contributed by atoms with van der Waals surface area (Å²) in [5.74, 6) is 3.86. The Kier molecular flexibility index (Phi) is 3.44. The number of aromatic nitrogens is 4. The first-order valence-corrected chi connectivity index (χ1v) is 6.66. The molecule has 1 fully saturated rings. The molecule has 4 heterocycles. The van der Waals surface area contributed by atoms with E-state index in [1.807, 2.05) is 6.92 Å². The van der Waals surface area contributed by atoms with Crippen molar-refractivity contribution in [1.29, 1.82) is 0 Å². The SMILES string of the molecule is Cc1nc2c3c(n[nH]c3n1)OC[C@@H]1CC[C-](C)CN21.[Mo]. The van der Waals surface area contributed by atoms with E-state index in [4.69, 9.17) is 4.74 Å². The molecule has 0 bridgehead atoms. The number of aryl methyl sites for hydroxylation is 1. The van der Waals surface area contributed by atoms with Crippen molar-refractivity contribution in [2.45, 2.75) is 32.7 Å². The Balaban J connectivity index is 0.00000121. The summed E-state index contributed by atoms with van der Waals surface area (Å²) in [6, 6.07) is 0.385. The molecule has 1 atom stereocenters. The van der Waals surface area contributed by atoms with E-state index in [9.17, 15) is 0 Å². The van der Waals surface area contributed by atoms with Crippen molar-refractivity contribution in [3.63, 3.8) is 0 Å². The maximum absolute atomic E-state index is 5.83. The predicted molar refractivity (Wildman–Crippen MR) is 71.2 cm³/mol. The molecular formula is C13H16MoN5O-. The fourth-order valence-electron chi connectivity index (χ4n) is 2.97. The molecule has 0 saturated carbocycles. The van der Waals surface area contributed by atoms with Gasteiger partial charge in [-0.3, -0.25) is 11.0 Å². The van der Waals surface area contributed by atoms with E-state index in [0.717, 1.165) is 35.6 Å². The Morgan fingerprint density at radius 2 is 2.25 bits per heavy atom. The van der Waals surface area contributed by atoms with Crippen LogP contribution < -0.4 is 9.64 Å². The second kappa shape index (κ2) is 4.99. The van der Waals surface area contributed by atoms with Crippen LogP contribution >= 0.6 is 0 Å². The summed E-state index contributed by atoms with van der Waals surface area (Å²) in [6.07, 6.45) is 2.28. The largest absolute Gasteiger partial charge is 0.474 e. The van der Waals surface area contributed by atoms with Gasteiger partial charge >= 0.3 is 0 Å². The number of hydrogen-bond donors (Lipinski definition) is 1. The Labute approximate surface area is 131 Å². The number of ether oxygens (including phenoxy) is 1. The van der Waals surface area contributed by atoms with Crippen LogP contribution in [0.2, 0.25) is 0 Å². The second-order valence-electron chi connectivity index (χ2n) is 5.44. The second-order valence-corrected chi connectivity index (χ2v) is 5.44. The van der Waals surface area contributed by atoms with Crippen LogP contribution in [0.1, 0.15) is 25.6 Å². The van der Waals surface area contributed by atoms with E-state index in [1.165, 1.54) is 12.3 Å². The van der Waals surface area contributed by atoms with Crippen LogP contribution in [-0.2, 0) is 21.1 Å². The number of rotatable bonds is 0. The monoisotopic (exact) mass is 356 g/mol. The molecule has 2 aliphatic heterocycles. The molecule has 2 aromatic heterocycles. The maximum atomic E-state index is 5.83. The molecule has 1 saturated heterocycles. The van der Waals surface area contributed by atoms with Gasteiger partial charge < -0.3 is 9.64 Å². The van der Waals surface area contributed by atoms with Crippen molar-refractivity contribution in [3.8, 4) is 5.88 Å². The Hall–Kier alpha value is -1.16. The number of nitrogens with zero attached hydrogens (tertiary/aromatic N) is 4. The first-order valence-electron chi connectivity index (χ1n) is 6.66. The van der Waals surface area contributed by atoms with Gasteiger partial charge in [0.15, 0.2) is 5.65 Å². The number of nitrogens with one attached hydrogen (secondary N) is 1. The summed E-state index contributed by atoms with van der Waals surface area (Å²) < 4.78 is 5.83. The minimum atomic E-state index is 0. The van der Waals surface area contributed by atoms with Crippen LogP contribution in [0.15, 0.2) is 0 Å². The van der Waals surface area contributed by atoms with E-state index in [-0.39, 0.29) is 21.1 Å². The summed E-state index contributed by atoms with van der Waals surface area (Å²) >= 11 is 0. The van der Waals surface area contributed by atoms with Crippen molar-refractivity contribution >= 4 is 16.9 Å². The number of fused-ring (bicyclic) bond motifs is 2. The molecule has 2 aromatic rings. The Bertz CT molecular complexity index is 643. The van der Waals surface area contributed by atoms with Crippen LogP contribution in [0, 0.1) is 12.8 Å². The van der Waals surface area contributed by atoms with Crippen molar-refractivity contribution in [2.75, 3.05) is 18.1 Å². The molecule has 0 aliphatic carbocycles. The molecule has 7 heteroatoms. The molecule has 4 rings (SSSR count). The van der Waals surface area contributed by atoms with Crippen LogP contribution in [0.25, 0.3) is 11.0 Å². The van der Waals surface area contributed by atoms with Gasteiger partial charge in [-0.15, -0.1) is 11.6 Å². The van der Waals surface area contributed by atoms with Gasteiger partial charge in [0.2, 0.25) is 5.88 Å². The number of hydrogen-bond acceptors (Lipinski definition) is 5. The third kappa shape index (κ3) is 2.01. The zero-order chi connectivity index (χ0) is 13.0. The van der Waals surface area contributed by atoms with E-state index < -0.39 is 0 Å². The molecule has 0 spiro atoms. The smallest absolute Gasteiger partial charge is 0.246 e. The van der Waals surface area contributed by atoms with E-state index in [0.29, 0.717) is 18.5 Å². The van der Waals surface area contributed by atoms with Gasteiger partial charge in [-0.1, -0.05) is 6.42 Å². The predicted octanol–water partition coefficient (Wildman–Crippen LogP) is 1.61. The third-order valence-corrected chi connectivity index (χ3v) is 3.95. The summed E-state index contributed by atoms with van der Waals surface area (Å²) in [5.41, 5.74) is 0.765. The number of piperidine rings is 1. The van der Waals surface area contributed by atoms with Crippen molar-refractivity contribution < 1.29 is 25.8 Å². The van der Waals surface area contributed by atoms with E-state index in [1.54, 1.807) is 0 Å². The van der Waals surface area contributed by atoms with Crippen molar-refractivity contribution in [3.05, 3.63) is 11.7 Å². The van der Waals surface area contributed by atoms with Gasteiger partial charge in [0.05, 0.1) is 6.04 Å². The number of anilines is 1. The van der Waals surface area contributed by atoms with E-state index in [2.05, 4.69) is 32.0 Å². The molecule has 106 valence electrons. The average molecular weight is 354 g/mol. The fraction of sp³-hybridized carbons (Fsp3) is 0.538. The molecule has 2 aliphatic rings. The van der Waals surface area contributed by atoms with Crippen molar-refractivity contribution in [1.82, 2.24) is 20.2 Å². The minimum Gasteiger partial charge on any atom is -0.474 e. The fourth-order valence-corrected chi connectivity index (χ4v) is 2.97. The van der Waals surface area contributed by atoms with Gasteiger partial charge in [-0.05, 0) is 6.92 Å².